The molecule has 0 radical (unpaired) electrons. The standard InChI is InChI=1S/C25H25FN8O/c26-18-1-3-19(4-2-18)31-23-21(15-30-33-23)24(35)32-25(7-10-27)8-13-34(14-9-25)16-17-5-11-28-22-20(17)6-12-29-22/h1-6,11-12,15H,7-9,13-14,16H2,(H,28,29)(H,32,35)(H2,30,31,33). The maximum Gasteiger partial charge on any atom is 0.257 e. The number of aromatic nitrogens is 4. The Hall–Kier alpha value is -4.23. The van der Waals surface area contributed by atoms with Crippen LogP contribution < -0.4 is 10.6 Å². The van der Waals surface area contributed by atoms with Gasteiger partial charge in [-0.3, -0.25) is 14.8 Å². The number of piperidine rings is 1. The number of fused-ring (bicyclic) bond motifs is 1. The van der Waals surface area contributed by atoms with Crippen LogP contribution in [0.25, 0.3) is 11.0 Å². The van der Waals surface area contributed by atoms with E-state index >= 15 is 0 Å². The number of nitriles is 1. The second kappa shape index (κ2) is 9.56. The van der Waals surface area contributed by atoms with Crippen molar-refractivity contribution < 1.29 is 9.18 Å². The first kappa shape index (κ1) is 22.6. The highest BCUT2D eigenvalue weighted by Gasteiger charge is 2.37. The van der Waals surface area contributed by atoms with Crippen LogP contribution in [0.15, 0.2) is 55.0 Å². The first-order chi connectivity index (χ1) is 17.0. The summed E-state index contributed by atoms with van der Waals surface area (Å²) in [5.41, 5.74) is 2.41. The molecule has 4 heterocycles. The summed E-state index contributed by atoms with van der Waals surface area (Å²) in [7, 11) is 0. The van der Waals surface area contributed by atoms with Crippen molar-refractivity contribution in [1.82, 2.24) is 30.4 Å². The Morgan fingerprint density at radius 3 is 2.77 bits per heavy atom. The molecule has 0 atom stereocenters. The number of H-pyrrole nitrogens is 2. The van der Waals surface area contributed by atoms with Crippen LogP contribution in [0, 0.1) is 17.1 Å². The van der Waals surface area contributed by atoms with E-state index < -0.39 is 5.54 Å². The molecule has 1 fully saturated rings. The molecular weight excluding hydrogens is 447 g/mol. The summed E-state index contributed by atoms with van der Waals surface area (Å²) < 4.78 is 13.2. The Labute approximate surface area is 201 Å². The van der Waals surface area contributed by atoms with E-state index in [-0.39, 0.29) is 18.1 Å². The summed E-state index contributed by atoms with van der Waals surface area (Å²) >= 11 is 0. The second-order valence-corrected chi connectivity index (χ2v) is 8.85. The highest BCUT2D eigenvalue weighted by molar-refractivity contribution is 5.99. The van der Waals surface area contributed by atoms with Crippen molar-refractivity contribution in [3.05, 3.63) is 71.9 Å². The zero-order chi connectivity index (χ0) is 24.3. The third kappa shape index (κ3) is 4.85. The van der Waals surface area contributed by atoms with Gasteiger partial charge in [-0.05, 0) is 54.8 Å². The number of hydrogen-bond acceptors (Lipinski definition) is 6. The first-order valence-electron chi connectivity index (χ1n) is 11.4. The molecule has 3 aromatic heterocycles. The van der Waals surface area contributed by atoms with E-state index in [9.17, 15) is 14.4 Å². The molecule has 0 aliphatic carbocycles. The molecule has 5 rings (SSSR count). The summed E-state index contributed by atoms with van der Waals surface area (Å²) in [6, 6.07) is 12.1. The molecule has 0 unspecified atom stereocenters. The van der Waals surface area contributed by atoms with Crippen LogP contribution in [-0.4, -0.2) is 49.6 Å². The number of pyridine rings is 1. The average molecular weight is 473 g/mol. The molecule has 1 saturated heterocycles. The molecule has 0 spiro atoms. The van der Waals surface area contributed by atoms with Crippen molar-refractivity contribution in [2.75, 3.05) is 18.4 Å². The monoisotopic (exact) mass is 472 g/mol. The molecule has 4 N–H and O–H groups in total. The third-order valence-corrected chi connectivity index (χ3v) is 6.55. The average Bonchev–Trinajstić information content (AvgIpc) is 3.52. The van der Waals surface area contributed by atoms with E-state index in [1.54, 1.807) is 18.3 Å². The van der Waals surface area contributed by atoms with E-state index in [4.69, 9.17) is 0 Å². The van der Waals surface area contributed by atoms with Gasteiger partial charge in [-0.1, -0.05) is 0 Å². The largest absolute Gasteiger partial charge is 0.346 e. The fourth-order valence-corrected chi connectivity index (χ4v) is 4.57. The van der Waals surface area contributed by atoms with E-state index in [0.717, 1.165) is 30.7 Å². The van der Waals surface area contributed by atoms with Crippen LogP contribution in [0.3, 0.4) is 0 Å². The Morgan fingerprint density at radius 1 is 1.20 bits per heavy atom. The summed E-state index contributed by atoms with van der Waals surface area (Å²) in [6.45, 7) is 2.28. The predicted octanol–water partition coefficient (Wildman–Crippen LogP) is 3.85. The van der Waals surface area contributed by atoms with Crippen LogP contribution >= 0.6 is 0 Å². The number of carbonyl (C=O) groups excluding carboxylic acids is 1. The van der Waals surface area contributed by atoms with Gasteiger partial charge in [-0.25, -0.2) is 9.37 Å². The predicted molar refractivity (Wildman–Crippen MR) is 129 cm³/mol. The first-order valence-corrected chi connectivity index (χ1v) is 11.4. The number of benzene rings is 1. The Morgan fingerprint density at radius 2 is 2.00 bits per heavy atom. The van der Waals surface area contributed by atoms with Gasteiger partial charge in [0.25, 0.3) is 5.91 Å². The maximum absolute atomic E-state index is 13.2. The third-order valence-electron chi connectivity index (χ3n) is 6.55. The van der Waals surface area contributed by atoms with Crippen LogP contribution in [0.4, 0.5) is 15.9 Å². The highest BCUT2D eigenvalue weighted by Crippen LogP contribution is 2.29. The molecule has 0 saturated carbocycles. The zero-order valence-electron chi connectivity index (χ0n) is 19.0. The topological polar surface area (TPSA) is 126 Å². The smallest absolute Gasteiger partial charge is 0.257 e. The van der Waals surface area contributed by atoms with Crippen molar-refractivity contribution in [2.24, 2.45) is 0 Å². The van der Waals surface area contributed by atoms with Gasteiger partial charge in [0.15, 0.2) is 0 Å². The fourth-order valence-electron chi connectivity index (χ4n) is 4.57. The Kier molecular flexibility index (Phi) is 6.16. The Balaban J connectivity index is 1.25. The lowest BCUT2D eigenvalue weighted by molar-refractivity contribution is 0.0807. The SMILES string of the molecule is N#CCC1(NC(=O)c2cn[nH]c2Nc2ccc(F)cc2)CCN(Cc2ccnc3[nH]ccc23)CC1. The van der Waals surface area contributed by atoms with Crippen LogP contribution in [-0.2, 0) is 6.54 Å². The minimum absolute atomic E-state index is 0.225. The van der Waals surface area contributed by atoms with Gasteiger partial charge in [0.2, 0.25) is 0 Å². The van der Waals surface area contributed by atoms with Crippen molar-refractivity contribution in [3.63, 3.8) is 0 Å². The van der Waals surface area contributed by atoms with Gasteiger partial charge in [-0.2, -0.15) is 10.4 Å². The Bertz CT molecular complexity index is 1360. The minimum Gasteiger partial charge on any atom is -0.346 e. The van der Waals surface area contributed by atoms with Gasteiger partial charge in [0, 0.05) is 43.1 Å². The summed E-state index contributed by atoms with van der Waals surface area (Å²) in [4.78, 5) is 23.0. The number of amides is 1. The quantitative estimate of drug-likeness (QED) is 0.324. The number of nitrogens with one attached hydrogen (secondary N) is 4. The van der Waals surface area contributed by atoms with E-state index in [2.05, 4.69) is 41.8 Å². The van der Waals surface area contributed by atoms with Crippen molar-refractivity contribution in [2.45, 2.75) is 31.3 Å². The van der Waals surface area contributed by atoms with E-state index in [1.165, 1.54) is 23.9 Å². The lowest BCUT2D eigenvalue weighted by atomic mass is 9.84. The summed E-state index contributed by atoms with van der Waals surface area (Å²) in [6.07, 6.45) is 6.68. The van der Waals surface area contributed by atoms with Crippen molar-refractivity contribution in [3.8, 4) is 6.07 Å². The number of hydrogen-bond donors (Lipinski definition) is 4. The van der Waals surface area contributed by atoms with Crippen LogP contribution in [0.1, 0.15) is 35.2 Å². The van der Waals surface area contributed by atoms with E-state index in [1.807, 2.05) is 18.3 Å². The molecule has 4 aromatic rings. The molecule has 10 heteroatoms. The minimum atomic E-state index is -0.617. The number of rotatable bonds is 7. The second-order valence-electron chi connectivity index (χ2n) is 8.85. The number of nitrogens with zero attached hydrogens (tertiary/aromatic N) is 4. The number of aromatic amines is 2. The molecule has 178 valence electrons. The molecule has 1 amide bonds. The maximum atomic E-state index is 13.2. The van der Waals surface area contributed by atoms with Gasteiger partial charge in [-0.15, -0.1) is 0 Å². The lowest BCUT2D eigenvalue weighted by Gasteiger charge is -2.41. The number of anilines is 2. The van der Waals surface area contributed by atoms with Crippen LogP contribution in [0.2, 0.25) is 0 Å². The number of halogens is 1. The molecule has 1 aliphatic heterocycles. The molecule has 0 bridgehead atoms. The van der Waals surface area contributed by atoms with Crippen molar-refractivity contribution in [1.29, 1.82) is 5.26 Å². The molecule has 35 heavy (non-hydrogen) atoms. The van der Waals surface area contributed by atoms with Crippen molar-refractivity contribution >= 4 is 28.4 Å². The molecule has 9 nitrogen and oxygen atoms in total. The van der Waals surface area contributed by atoms with Gasteiger partial charge < -0.3 is 15.6 Å². The number of likely N-dealkylation sites (tertiary alicyclic amines) is 1. The van der Waals surface area contributed by atoms with E-state index in [0.29, 0.717) is 29.9 Å². The molecule has 1 aliphatic rings. The highest BCUT2D eigenvalue weighted by atomic mass is 19.1. The van der Waals surface area contributed by atoms with Crippen LogP contribution in [0.5, 0.6) is 0 Å². The molecule has 1 aromatic carbocycles. The molecular formula is C25H25FN8O. The summed E-state index contributed by atoms with van der Waals surface area (Å²) in [5.74, 6) is -0.244. The number of carbonyl (C=O) groups is 1. The normalized spacial score (nSPS) is 15.5. The van der Waals surface area contributed by atoms with Gasteiger partial charge >= 0.3 is 0 Å². The van der Waals surface area contributed by atoms with Gasteiger partial charge in [0.1, 0.15) is 22.8 Å². The van der Waals surface area contributed by atoms with Gasteiger partial charge in [0.05, 0.1) is 24.2 Å². The fraction of sp³-hybridized carbons (Fsp3) is 0.280. The summed E-state index contributed by atoms with van der Waals surface area (Å²) in [5, 5.41) is 23.6. The lowest BCUT2D eigenvalue weighted by Crippen LogP contribution is -2.55. The zero-order valence-corrected chi connectivity index (χ0v) is 19.0.